The van der Waals surface area contributed by atoms with Crippen LogP contribution in [0.5, 0.6) is 0 Å². The molecule has 344 valence electrons. The molecular weight excluding hydrogens is 871 g/mol. The Balaban J connectivity index is 0.922. The van der Waals surface area contributed by atoms with Crippen molar-refractivity contribution in [2.75, 3.05) is 0 Å². The molecule has 2 bridgehead atoms. The Kier molecular flexibility index (Phi) is 8.90. The highest BCUT2D eigenvalue weighted by Gasteiger charge is 2.47. The highest BCUT2D eigenvalue weighted by molar-refractivity contribution is 6.26. The zero-order chi connectivity index (χ0) is 47.0. The van der Waals surface area contributed by atoms with Crippen molar-refractivity contribution in [2.24, 2.45) is 17.8 Å². The molecule has 2 unspecified atom stereocenters. The normalized spacial score (nSPS) is 19.4. The molecule has 4 atom stereocenters. The fourth-order valence-corrected chi connectivity index (χ4v) is 14.0. The van der Waals surface area contributed by atoms with Gasteiger partial charge in [-0.15, -0.1) is 0 Å². The molecule has 0 saturated heterocycles. The molecule has 2 fully saturated rings. The summed E-state index contributed by atoms with van der Waals surface area (Å²) in [6.07, 6.45) is 7.04. The summed E-state index contributed by atoms with van der Waals surface area (Å²) in [5.74, 6) is 4.54. The van der Waals surface area contributed by atoms with E-state index in [1.165, 1.54) is 34.4 Å². The van der Waals surface area contributed by atoms with Crippen LogP contribution in [0.2, 0.25) is 0 Å². The summed E-state index contributed by atoms with van der Waals surface area (Å²) in [5, 5.41) is 9.32. The van der Waals surface area contributed by atoms with Gasteiger partial charge in [-0.05, 0) is 122 Å². The second-order valence-corrected chi connectivity index (χ2v) is 21.1. The maximum Gasteiger partial charge on any atom is 0.138 e. The molecule has 71 heavy (non-hydrogen) atoms. The molecule has 13 aromatic rings. The van der Waals surface area contributed by atoms with E-state index in [-0.39, 0.29) is 5.41 Å². The molecule has 15 rings (SSSR count). The number of fused-ring (bicyclic) bond motifs is 16. The lowest BCUT2D eigenvalue weighted by Gasteiger charge is -2.49. The van der Waals surface area contributed by atoms with Gasteiger partial charge in [-0.25, -0.2) is 15.0 Å². The van der Waals surface area contributed by atoms with Gasteiger partial charge in [0.2, 0.25) is 0 Å². The van der Waals surface area contributed by atoms with Gasteiger partial charge in [0.1, 0.15) is 39.8 Å². The highest BCUT2D eigenvalue weighted by Crippen LogP contribution is 2.53. The van der Waals surface area contributed by atoms with Crippen LogP contribution in [0.4, 0.5) is 0 Å². The average Bonchev–Trinajstić information content (AvgIpc) is 4.14. The second kappa shape index (κ2) is 15.5. The SMILES string of the molecule is C[C@@H]1CC2C[C@H](C)CC(c3nc(Cc4ccccc4-n4c5ccccc5c5ccc6oc7ccccc7c6c54)nc(Cc4ccccc4-n4c5ccccc5c5ccc6oc7ccccc7c6c54)n3)(C2)C1. The Labute approximate surface area is 410 Å². The first-order valence-corrected chi connectivity index (χ1v) is 25.5. The Morgan fingerprint density at radius 3 is 1.38 bits per heavy atom. The van der Waals surface area contributed by atoms with Crippen molar-refractivity contribution in [3.05, 3.63) is 198 Å². The standard InChI is InChI=1S/C64H51N5O2/c1-38-31-40-32-39(2)36-64(35-38,37-40)63-66-57(33-41-15-3-9-21-49(41)68-51-23-11-5-17-43(51)45-27-29-55-59(61(45)68)47-19-7-13-25-53(47)70-55)65-58(67-63)34-42-16-4-10-22-50(42)69-52-24-12-6-18-44(52)46-28-30-56-60(62(46)69)48-20-8-14-26-54(48)71-56/h3-30,38-40H,31-37H2,1-2H3/t38-,39+,40?,64?. The van der Waals surface area contributed by atoms with Crippen molar-refractivity contribution >= 4 is 87.5 Å². The maximum atomic E-state index is 6.51. The summed E-state index contributed by atoms with van der Waals surface area (Å²) in [7, 11) is 0. The summed E-state index contributed by atoms with van der Waals surface area (Å²) in [6, 6.07) is 60.8. The van der Waals surface area contributed by atoms with Gasteiger partial charge < -0.3 is 18.0 Å². The van der Waals surface area contributed by atoms with Gasteiger partial charge in [-0.1, -0.05) is 123 Å². The first kappa shape index (κ1) is 40.8. The highest BCUT2D eigenvalue weighted by atomic mass is 16.3. The van der Waals surface area contributed by atoms with Crippen molar-refractivity contribution in [3.8, 4) is 11.4 Å². The largest absolute Gasteiger partial charge is 0.456 e. The Hall–Kier alpha value is -8.03. The fraction of sp³-hybridized carbons (Fsp3) is 0.203. The number of para-hydroxylation sites is 6. The zero-order valence-corrected chi connectivity index (χ0v) is 39.9. The van der Waals surface area contributed by atoms with Crippen LogP contribution >= 0.6 is 0 Å². The Morgan fingerprint density at radius 2 is 0.873 bits per heavy atom. The van der Waals surface area contributed by atoms with Crippen molar-refractivity contribution < 1.29 is 8.83 Å². The molecule has 7 nitrogen and oxygen atoms in total. The van der Waals surface area contributed by atoms with Crippen LogP contribution in [0.3, 0.4) is 0 Å². The molecule has 2 aliphatic carbocycles. The van der Waals surface area contributed by atoms with Crippen LogP contribution in [0.25, 0.3) is 98.9 Å². The predicted molar refractivity (Wildman–Crippen MR) is 288 cm³/mol. The van der Waals surface area contributed by atoms with E-state index >= 15 is 0 Å². The number of nitrogens with zero attached hydrogens (tertiary/aromatic N) is 5. The molecule has 7 heteroatoms. The van der Waals surface area contributed by atoms with E-state index < -0.39 is 0 Å². The number of hydrogen-bond donors (Lipinski definition) is 0. The minimum Gasteiger partial charge on any atom is -0.456 e. The lowest BCUT2D eigenvalue weighted by molar-refractivity contribution is 0.0714. The van der Waals surface area contributed by atoms with Gasteiger partial charge in [0, 0.05) is 61.9 Å². The third-order valence-corrected chi connectivity index (χ3v) is 16.3. The predicted octanol–water partition coefficient (Wildman–Crippen LogP) is 16.2. The van der Waals surface area contributed by atoms with E-state index in [9.17, 15) is 0 Å². The fourth-order valence-electron chi connectivity index (χ4n) is 14.0. The van der Waals surface area contributed by atoms with E-state index in [1.54, 1.807) is 0 Å². The lowest BCUT2D eigenvalue weighted by Crippen LogP contribution is -2.44. The maximum absolute atomic E-state index is 6.51. The molecule has 0 radical (unpaired) electrons. The van der Waals surface area contributed by atoms with E-state index in [4.69, 9.17) is 23.8 Å². The number of furan rings is 2. The minimum atomic E-state index is -0.0902. The number of rotatable bonds is 7. The molecule has 0 N–H and O–H groups in total. The summed E-state index contributed by atoms with van der Waals surface area (Å²) in [6.45, 7) is 4.90. The third-order valence-electron chi connectivity index (χ3n) is 16.3. The number of benzene rings is 8. The first-order valence-electron chi connectivity index (χ1n) is 25.5. The molecule has 5 aromatic heterocycles. The van der Waals surface area contributed by atoms with Crippen LogP contribution in [-0.2, 0) is 18.3 Å². The number of hydrogen-bond acceptors (Lipinski definition) is 5. The van der Waals surface area contributed by atoms with Crippen molar-refractivity contribution in [1.82, 2.24) is 24.1 Å². The Bertz CT molecular complexity index is 4030. The number of aromatic nitrogens is 5. The molecule has 8 aromatic carbocycles. The monoisotopic (exact) mass is 921 g/mol. The quantitative estimate of drug-likeness (QED) is 0.159. The van der Waals surface area contributed by atoms with Crippen LogP contribution in [0.15, 0.2) is 179 Å². The van der Waals surface area contributed by atoms with Crippen LogP contribution in [-0.4, -0.2) is 24.1 Å². The summed E-state index contributed by atoms with van der Waals surface area (Å²) < 4.78 is 18.0. The molecule has 5 heterocycles. The first-order chi connectivity index (χ1) is 34.9. The van der Waals surface area contributed by atoms with Gasteiger partial charge in [0.15, 0.2) is 0 Å². The lowest BCUT2D eigenvalue weighted by atomic mass is 9.56. The van der Waals surface area contributed by atoms with E-state index in [1.807, 2.05) is 0 Å². The van der Waals surface area contributed by atoms with E-state index in [2.05, 4.69) is 193 Å². The van der Waals surface area contributed by atoms with Crippen LogP contribution in [0.1, 0.15) is 74.6 Å². The van der Waals surface area contributed by atoms with E-state index in [0.717, 1.165) is 125 Å². The van der Waals surface area contributed by atoms with Gasteiger partial charge in [0.05, 0.1) is 32.8 Å². The topological polar surface area (TPSA) is 74.8 Å². The van der Waals surface area contributed by atoms with E-state index in [0.29, 0.717) is 30.6 Å². The molecule has 0 spiro atoms. The van der Waals surface area contributed by atoms with Gasteiger partial charge in [-0.3, -0.25) is 0 Å². The molecule has 2 saturated carbocycles. The molecular formula is C64H51N5O2. The van der Waals surface area contributed by atoms with Gasteiger partial charge >= 0.3 is 0 Å². The molecule has 0 aliphatic heterocycles. The third kappa shape index (κ3) is 6.24. The van der Waals surface area contributed by atoms with Crippen molar-refractivity contribution in [2.45, 2.75) is 64.2 Å². The van der Waals surface area contributed by atoms with Crippen LogP contribution in [0, 0.1) is 17.8 Å². The van der Waals surface area contributed by atoms with Crippen LogP contribution < -0.4 is 0 Å². The molecule has 0 amide bonds. The summed E-state index contributed by atoms with van der Waals surface area (Å²) in [4.78, 5) is 16.9. The minimum absolute atomic E-state index is 0.0902. The van der Waals surface area contributed by atoms with Crippen molar-refractivity contribution in [3.63, 3.8) is 0 Å². The summed E-state index contributed by atoms with van der Waals surface area (Å²) in [5.41, 5.74) is 12.6. The smallest absolute Gasteiger partial charge is 0.138 e. The average molecular weight is 922 g/mol. The summed E-state index contributed by atoms with van der Waals surface area (Å²) >= 11 is 0. The molecule has 2 aliphatic rings. The van der Waals surface area contributed by atoms with Gasteiger partial charge in [-0.2, -0.15) is 0 Å². The second-order valence-electron chi connectivity index (χ2n) is 21.1. The Morgan fingerprint density at radius 1 is 0.437 bits per heavy atom. The van der Waals surface area contributed by atoms with Crippen molar-refractivity contribution in [1.29, 1.82) is 0 Å². The van der Waals surface area contributed by atoms with Gasteiger partial charge in [0.25, 0.3) is 0 Å². The zero-order valence-electron chi connectivity index (χ0n) is 39.9.